The van der Waals surface area contributed by atoms with Crippen molar-refractivity contribution in [1.29, 1.82) is 0 Å². The van der Waals surface area contributed by atoms with Crippen LogP contribution in [0.1, 0.15) is 66.9 Å². The van der Waals surface area contributed by atoms with E-state index >= 15 is 0 Å². The molecule has 0 aromatic heterocycles. The monoisotopic (exact) mass is 690 g/mol. The summed E-state index contributed by atoms with van der Waals surface area (Å²) in [5.41, 5.74) is 15.5. The molecule has 1 aliphatic heterocycles. The van der Waals surface area contributed by atoms with Crippen molar-refractivity contribution in [3.8, 4) is 5.75 Å². The SMILES string of the molecule is [N-]=[N+]=NCc1ccccc1C[C@]1(C(=O)NNCC2(O)CCCCC2)N=C(c2ccc(OCCCO)cc2)O[C@H]1c1ccccc1Br. The predicted molar refractivity (Wildman–Crippen MR) is 178 cm³/mol. The molecule has 46 heavy (non-hydrogen) atoms. The molecule has 0 saturated heterocycles. The van der Waals surface area contributed by atoms with Crippen molar-refractivity contribution in [2.24, 2.45) is 10.1 Å². The van der Waals surface area contributed by atoms with Crippen molar-refractivity contribution >= 4 is 27.7 Å². The second-order valence-corrected chi connectivity index (χ2v) is 12.6. The summed E-state index contributed by atoms with van der Waals surface area (Å²) in [7, 11) is 0. The van der Waals surface area contributed by atoms with Crippen LogP contribution in [0.4, 0.5) is 0 Å². The van der Waals surface area contributed by atoms with E-state index in [1.54, 1.807) is 12.1 Å². The Hall–Kier alpha value is -3.93. The first kappa shape index (κ1) is 33.4. The first-order chi connectivity index (χ1) is 22.4. The highest BCUT2D eigenvalue weighted by Gasteiger charge is 2.54. The van der Waals surface area contributed by atoms with Gasteiger partial charge < -0.3 is 19.7 Å². The zero-order valence-corrected chi connectivity index (χ0v) is 27.2. The summed E-state index contributed by atoms with van der Waals surface area (Å²) < 4.78 is 13.1. The highest BCUT2D eigenvalue weighted by atomic mass is 79.9. The van der Waals surface area contributed by atoms with Gasteiger partial charge in [-0.1, -0.05) is 82.8 Å². The molecular weight excluding hydrogens is 652 g/mol. The Labute approximate surface area is 276 Å². The highest BCUT2D eigenvalue weighted by Crippen LogP contribution is 2.45. The van der Waals surface area contributed by atoms with E-state index in [0.29, 0.717) is 37.2 Å². The standard InChI is InChI=1S/C34H39BrN6O5/c35-29-12-5-4-11-28(29)30-34(21-25-9-2-3-10-26(25)22-37-41-36,32(43)40-38-23-33(44)17-6-1-7-18-33)39-31(46-30)24-13-15-27(16-14-24)45-20-8-19-42/h2-5,9-16,30,38,42,44H,1,6-8,17-23H2,(H,40,43)/t30-,34-/m0/s1. The summed E-state index contributed by atoms with van der Waals surface area (Å²) in [5, 5.41) is 23.9. The van der Waals surface area contributed by atoms with E-state index in [4.69, 9.17) is 25.1 Å². The molecule has 3 aromatic rings. The third kappa shape index (κ3) is 7.89. The van der Waals surface area contributed by atoms with Crippen LogP contribution in [0.2, 0.25) is 0 Å². The Morgan fingerprint density at radius 2 is 1.78 bits per heavy atom. The minimum Gasteiger partial charge on any atom is -0.494 e. The van der Waals surface area contributed by atoms with Crippen LogP contribution in [-0.2, 0) is 22.5 Å². The number of aliphatic imine (C=N–C) groups is 1. The van der Waals surface area contributed by atoms with Crippen LogP contribution in [0.25, 0.3) is 10.4 Å². The van der Waals surface area contributed by atoms with Gasteiger partial charge in [0.15, 0.2) is 11.6 Å². The second kappa shape index (κ2) is 15.6. The minimum absolute atomic E-state index is 0.0451. The largest absolute Gasteiger partial charge is 0.494 e. The lowest BCUT2D eigenvalue weighted by Gasteiger charge is -2.34. The van der Waals surface area contributed by atoms with Gasteiger partial charge in [0.1, 0.15) is 5.75 Å². The molecule has 2 aliphatic rings. The molecule has 1 aliphatic carbocycles. The second-order valence-electron chi connectivity index (χ2n) is 11.7. The topological polar surface area (TPSA) is 161 Å². The maximum atomic E-state index is 14.5. The first-order valence-electron chi connectivity index (χ1n) is 15.6. The summed E-state index contributed by atoms with van der Waals surface area (Å²) in [4.78, 5) is 22.5. The van der Waals surface area contributed by atoms with E-state index in [9.17, 15) is 9.90 Å². The number of aliphatic hydroxyl groups excluding tert-OH is 1. The Kier molecular flexibility index (Phi) is 11.3. The number of halogens is 1. The Morgan fingerprint density at radius 3 is 2.50 bits per heavy atom. The summed E-state index contributed by atoms with van der Waals surface area (Å²) in [6.45, 7) is 0.753. The summed E-state index contributed by atoms with van der Waals surface area (Å²) in [5.74, 6) is 0.500. The van der Waals surface area contributed by atoms with Crippen LogP contribution in [0, 0.1) is 0 Å². The molecule has 0 spiro atoms. The highest BCUT2D eigenvalue weighted by molar-refractivity contribution is 9.10. The van der Waals surface area contributed by atoms with Gasteiger partial charge in [-0.15, -0.1) is 0 Å². The maximum Gasteiger partial charge on any atom is 0.266 e. The fraction of sp³-hybridized carbons (Fsp3) is 0.412. The number of hydrogen-bond acceptors (Lipinski definition) is 8. The minimum atomic E-state index is -1.50. The number of amides is 1. The van der Waals surface area contributed by atoms with Gasteiger partial charge in [0.25, 0.3) is 5.91 Å². The molecule has 3 aromatic carbocycles. The molecular formula is C34H39BrN6O5. The lowest BCUT2D eigenvalue weighted by atomic mass is 9.81. The van der Waals surface area contributed by atoms with Gasteiger partial charge >= 0.3 is 0 Å². The van der Waals surface area contributed by atoms with Crippen molar-refractivity contribution in [2.75, 3.05) is 19.8 Å². The molecule has 0 bridgehead atoms. The Balaban J connectivity index is 1.55. The van der Waals surface area contributed by atoms with Crippen LogP contribution in [0.15, 0.2) is 87.4 Å². The molecule has 1 fully saturated rings. The molecule has 12 heteroatoms. The molecule has 11 nitrogen and oxygen atoms in total. The van der Waals surface area contributed by atoms with Crippen LogP contribution in [0.5, 0.6) is 5.75 Å². The maximum absolute atomic E-state index is 14.5. The average Bonchev–Trinajstić information content (AvgIpc) is 3.45. The van der Waals surface area contributed by atoms with Gasteiger partial charge in [0, 0.05) is 46.5 Å². The average molecular weight is 692 g/mol. The lowest BCUT2D eigenvalue weighted by molar-refractivity contribution is -0.130. The quantitative estimate of drug-likeness (QED) is 0.0547. The van der Waals surface area contributed by atoms with Gasteiger partial charge in [-0.05, 0) is 59.8 Å². The molecule has 4 N–H and O–H groups in total. The zero-order valence-electron chi connectivity index (χ0n) is 25.6. The van der Waals surface area contributed by atoms with E-state index < -0.39 is 23.2 Å². The van der Waals surface area contributed by atoms with Gasteiger partial charge in [0.2, 0.25) is 5.90 Å². The van der Waals surface area contributed by atoms with Crippen molar-refractivity contribution in [3.05, 3.63) is 110 Å². The zero-order chi connectivity index (χ0) is 32.4. The van der Waals surface area contributed by atoms with Gasteiger partial charge in [-0.3, -0.25) is 10.2 Å². The van der Waals surface area contributed by atoms with E-state index in [1.165, 1.54) is 0 Å². The molecule has 0 radical (unpaired) electrons. The summed E-state index contributed by atoms with van der Waals surface area (Å²) >= 11 is 3.67. The number of carbonyl (C=O) groups excluding carboxylic acids is 1. The number of nitrogens with one attached hydrogen (secondary N) is 2. The van der Waals surface area contributed by atoms with Gasteiger partial charge in [-0.25, -0.2) is 10.4 Å². The van der Waals surface area contributed by atoms with Gasteiger partial charge in [-0.2, -0.15) is 0 Å². The number of hydrazine groups is 1. The molecule has 2 atom stereocenters. The summed E-state index contributed by atoms with van der Waals surface area (Å²) in [6.07, 6.45) is 4.12. The summed E-state index contributed by atoms with van der Waals surface area (Å²) in [6, 6.07) is 22.3. The van der Waals surface area contributed by atoms with Crippen LogP contribution < -0.4 is 15.6 Å². The van der Waals surface area contributed by atoms with Crippen molar-refractivity contribution in [1.82, 2.24) is 10.9 Å². The number of rotatable bonds is 14. The number of aliphatic hydroxyl groups is 2. The molecule has 1 heterocycles. The van der Waals surface area contributed by atoms with E-state index in [-0.39, 0.29) is 32.0 Å². The number of carbonyl (C=O) groups is 1. The fourth-order valence-electron chi connectivity index (χ4n) is 6.01. The van der Waals surface area contributed by atoms with E-state index in [0.717, 1.165) is 40.4 Å². The lowest BCUT2D eigenvalue weighted by Crippen LogP contribution is -2.56. The molecule has 1 amide bonds. The van der Waals surface area contributed by atoms with Gasteiger partial charge in [0.05, 0.1) is 18.8 Å². The predicted octanol–water partition coefficient (Wildman–Crippen LogP) is 5.84. The fourth-order valence-corrected chi connectivity index (χ4v) is 6.51. The molecule has 5 rings (SSSR count). The normalized spacial score (nSPS) is 20.2. The van der Waals surface area contributed by atoms with Crippen LogP contribution >= 0.6 is 15.9 Å². The molecule has 242 valence electrons. The molecule has 0 unspecified atom stereocenters. The first-order valence-corrected chi connectivity index (χ1v) is 16.4. The number of nitrogens with zero attached hydrogens (tertiary/aromatic N) is 4. The van der Waals surface area contributed by atoms with E-state index in [1.807, 2.05) is 60.7 Å². The number of ether oxygens (including phenoxy) is 2. The third-order valence-corrected chi connectivity index (χ3v) is 9.23. The van der Waals surface area contributed by atoms with E-state index in [2.05, 4.69) is 36.8 Å². The van der Waals surface area contributed by atoms with Crippen LogP contribution in [-0.4, -0.2) is 52.9 Å². The number of hydrogen-bond donors (Lipinski definition) is 4. The Morgan fingerprint density at radius 1 is 1.07 bits per heavy atom. The number of benzene rings is 3. The van der Waals surface area contributed by atoms with Crippen molar-refractivity contribution in [3.63, 3.8) is 0 Å². The number of azide groups is 1. The molecule has 1 saturated carbocycles. The third-order valence-electron chi connectivity index (χ3n) is 8.50. The van der Waals surface area contributed by atoms with Crippen molar-refractivity contribution in [2.45, 2.75) is 68.7 Å². The smallest absolute Gasteiger partial charge is 0.266 e. The van der Waals surface area contributed by atoms with Crippen molar-refractivity contribution < 1.29 is 24.5 Å². The van der Waals surface area contributed by atoms with Crippen LogP contribution in [0.3, 0.4) is 0 Å². The Bertz CT molecular complexity index is 1570.